The van der Waals surface area contributed by atoms with Crippen LogP contribution in [-0.2, 0) is 0 Å². The van der Waals surface area contributed by atoms with Crippen LogP contribution in [0.1, 0.15) is 5.56 Å². The summed E-state index contributed by atoms with van der Waals surface area (Å²) in [4.78, 5) is 0. The summed E-state index contributed by atoms with van der Waals surface area (Å²) >= 11 is 0. The third-order valence-electron chi connectivity index (χ3n) is 2.06. The Hall–Kier alpha value is -1.70. The van der Waals surface area contributed by atoms with Gasteiger partial charge in [-0.05, 0) is 42.1 Å². The van der Waals surface area contributed by atoms with Crippen molar-refractivity contribution < 1.29 is 10.2 Å². The molecule has 0 aliphatic heterocycles. The molecule has 2 aromatic carbocycles. The Morgan fingerprint density at radius 3 is 2.54 bits per heavy atom. The van der Waals surface area contributed by atoms with Crippen LogP contribution < -0.4 is 0 Å². The van der Waals surface area contributed by atoms with Crippen molar-refractivity contribution in [2.45, 2.75) is 6.92 Å². The van der Waals surface area contributed by atoms with E-state index in [1.54, 1.807) is 24.3 Å². The predicted octanol–water partition coefficient (Wildman–Crippen LogP) is 2.56. The van der Waals surface area contributed by atoms with E-state index in [1.807, 2.05) is 13.0 Å². The summed E-state index contributed by atoms with van der Waals surface area (Å²) in [5.74, 6) is 0.479. The van der Waals surface area contributed by atoms with Crippen molar-refractivity contribution in [3.8, 4) is 11.5 Å². The van der Waals surface area contributed by atoms with Crippen molar-refractivity contribution in [3.63, 3.8) is 0 Å². The molecule has 0 saturated heterocycles. The van der Waals surface area contributed by atoms with Gasteiger partial charge >= 0.3 is 0 Å². The maximum atomic E-state index is 9.56. The minimum absolute atomic E-state index is 0.220. The molecule has 2 aromatic rings. The molecule has 0 atom stereocenters. The van der Waals surface area contributed by atoms with E-state index in [0.717, 1.165) is 16.3 Å². The smallest absolute Gasteiger partial charge is 0.123 e. The SMILES string of the molecule is Cc1cc(O)c2ccc(O)cc2c1. The number of aromatic hydroxyl groups is 2. The summed E-state index contributed by atoms with van der Waals surface area (Å²) < 4.78 is 0. The van der Waals surface area contributed by atoms with Gasteiger partial charge in [0.1, 0.15) is 11.5 Å². The molecular formula is C11H10O2. The lowest BCUT2D eigenvalue weighted by molar-refractivity contribution is 0.475. The number of phenols is 2. The first-order valence-electron chi connectivity index (χ1n) is 4.09. The molecule has 2 heteroatoms. The summed E-state index contributed by atoms with van der Waals surface area (Å²) in [5.41, 5.74) is 0.982. The summed E-state index contributed by atoms with van der Waals surface area (Å²) in [6.07, 6.45) is 0. The fourth-order valence-corrected chi connectivity index (χ4v) is 1.48. The Kier molecular flexibility index (Phi) is 1.62. The van der Waals surface area contributed by atoms with Crippen LogP contribution in [0.3, 0.4) is 0 Å². The number of aryl methyl sites for hydroxylation is 1. The molecule has 0 unspecified atom stereocenters. The van der Waals surface area contributed by atoms with Gasteiger partial charge in [0.05, 0.1) is 0 Å². The molecule has 0 radical (unpaired) electrons. The highest BCUT2D eigenvalue weighted by Crippen LogP contribution is 2.28. The summed E-state index contributed by atoms with van der Waals surface area (Å²) in [5, 5.41) is 20.4. The van der Waals surface area contributed by atoms with Gasteiger partial charge in [-0.2, -0.15) is 0 Å². The molecule has 2 nitrogen and oxygen atoms in total. The molecule has 0 fully saturated rings. The predicted molar refractivity (Wildman–Crippen MR) is 52.0 cm³/mol. The molecule has 2 N–H and O–H groups in total. The molecule has 0 spiro atoms. The van der Waals surface area contributed by atoms with Gasteiger partial charge in [0.15, 0.2) is 0 Å². The van der Waals surface area contributed by atoms with Crippen LogP contribution in [0.25, 0.3) is 10.8 Å². The monoisotopic (exact) mass is 174 g/mol. The summed E-state index contributed by atoms with van der Waals surface area (Å²) in [7, 11) is 0. The molecule has 13 heavy (non-hydrogen) atoms. The van der Waals surface area contributed by atoms with Gasteiger partial charge < -0.3 is 10.2 Å². The first-order chi connectivity index (χ1) is 6.16. The van der Waals surface area contributed by atoms with Crippen LogP contribution in [0.15, 0.2) is 30.3 Å². The van der Waals surface area contributed by atoms with Crippen LogP contribution in [0.2, 0.25) is 0 Å². The van der Waals surface area contributed by atoms with E-state index in [0.29, 0.717) is 0 Å². The van der Waals surface area contributed by atoms with Crippen molar-refractivity contribution in [1.29, 1.82) is 0 Å². The highest BCUT2D eigenvalue weighted by Gasteiger charge is 2.01. The second-order valence-corrected chi connectivity index (χ2v) is 3.19. The van der Waals surface area contributed by atoms with Crippen LogP contribution in [-0.4, -0.2) is 10.2 Å². The summed E-state index contributed by atoms with van der Waals surface area (Å²) in [6.45, 7) is 1.91. The fraction of sp³-hybridized carbons (Fsp3) is 0.0909. The Morgan fingerprint density at radius 1 is 1.00 bits per heavy atom. The molecule has 0 heterocycles. The van der Waals surface area contributed by atoms with Gasteiger partial charge in [-0.25, -0.2) is 0 Å². The highest BCUT2D eigenvalue weighted by atomic mass is 16.3. The Labute approximate surface area is 76.1 Å². The maximum Gasteiger partial charge on any atom is 0.123 e. The first-order valence-corrected chi connectivity index (χ1v) is 4.09. The molecule has 0 aromatic heterocycles. The largest absolute Gasteiger partial charge is 0.508 e. The van der Waals surface area contributed by atoms with Gasteiger partial charge in [0, 0.05) is 5.39 Å². The topological polar surface area (TPSA) is 40.5 Å². The van der Waals surface area contributed by atoms with Crippen molar-refractivity contribution in [1.82, 2.24) is 0 Å². The molecule has 0 saturated carbocycles. The third-order valence-corrected chi connectivity index (χ3v) is 2.06. The van der Waals surface area contributed by atoms with Crippen molar-refractivity contribution in [2.75, 3.05) is 0 Å². The molecule has 0 amide bonds. The number of rotatable bonds is 0. The highest BCUT2D eigenvalue weighted by molar-refractivity contribution is 5.89. The molecular weight excluding hydrogens is 164 g/mol. The number of phenolic OH excluding ortho intramolecular Hbond substituents is 2. The number of hydrogen-bond donors (Lipinski definition) is 2. The van der Waals surface area contributed by atoms with Gasteiger partial charge in [-0.15, -0.1) is 0 Å². The fourth-order valence-electron chi connectivity index (χ4n) is 1.48. The van der Waals surface area contributed by atoms with Gasteiger partial charge in [-0.3, -0.25) is 0 Å². The van der Waals surface area contributed by atoms with E-state index in [-0.39, 0.29) is 11.5 Å². The zero-order chi connectivity index (χ0) is 9.42. The molecule has 0 aliphatic rings. The van der Waals surface area contributed by atoms with E-state index >= 15 is 0 Å². The van der Waals surface area contributed by atoms with Gasteiger partial charge in [0.2, 0.25) is 0 Å². The lowest BCUT2D eigenvalue weighted by Gasteiger charge is -2.03. The van der Waals surface area contributed by atoms with Crippen molar-refractivity contribution in [3.05, 3.63) is 35.9 Å². The average molecular weight is 174 g/mol. The first kappa shape index (κ1) is 7.92. The minimum atomic E-state index is 0.220. The standard InChI is InChI=1S/C11H10O2/c1-7-4-8-6-9(12)2-3-10(8)11(13)5-7/h2-6,12-13H,1H3. The lowest BCUT2D eigenvalue weighted by atomic mass is 10.1. The average Bonchev–Trinajstić information content (AvgIpc) is 2.02. The molecule has 2 rings (SSSR count). The van der Waals surface area contributed by atoms with Crippen molar-refractivity contribution >= 4 is 10.8 Å². The Morgan fingerprint density at radius 2 is 1.77 bits per heavy atom. The van der Waals surface area contributed by atoms with E-state index in [2.05, 4.69) is 0 Å². The van der Waals surface area contributed by atoms with Gasteiger partial charge in [0.25, 0.3) is 0 Å². The van der Waals surface area contributed by atoms with Crippen molar-refractivity contribution in [2.24, 2.45) is 0 Å². The Bertz CT molecular complexity index is 456. The van der Waals surface area contributed by atoms with E-state index in [4.69, 9.17) is 0 Å². The normalized spacial score (nSPS) is 10.5. The Balaban J connectivity index is 2.86. The zero-order valence-electron chi connectivity index (χ0n) is 7.28. The van der Waals surface area contributed by atoms with Crippen LogP contribution in [0, 0.1) is 6.92 Å². The zero-order valence-corrected chi connectivity index (χ0v) is 7.28. The van der Waals surface area contributed by atoms with Crippen LogP contribution in [0.4, 0.5) is 0 Å². The lowest BCUT2D eigenvalue weighted by Crippen LogP contribution is -1.77. The molecule has 0 bridgehead atoms. The molecule has 0 aliphatic carbocycles. The van der Waals surface area contributed by atoms with E-state index in [9.17, 15) is 10.2 Å². The van der Waals surface area contributed by atoms with Crippen LogP contribution >= 0.6 is 0 Å². The molecule has 66 valence electrons. The van der Waals surface area contributed by atoms with E-state index in [1.165, 1.54) is 0 Å². The summed E-state index contributed by atoms with van der Waals surface area (Å²) in [6, 6.07) is 8.55. The quantitative estimate of drug-likeness (QED) is 0.644. The second kappa shape index (κ2) is 2.66. The third kappa shape index (κ3) is 1.31. The minimum Gasteiger partial charge on any atom is -0.508 e. The maximum absolute atomic E-state index is 9.56. The van der Waals surface area contributed by atoms with Crippen LogP contribution in [0.5, 0.6) is 11.5 Å². The van der Waals surface area contributed by atoms with Gasteiger partial charge in [-0.1, -0.05) is 6.07 Å². The number of benzene rings is 2. The second-order valence-electron chi connectivity index (χ2n) is 3.19. The number of hydrogen-bond acceptors (Lipinski definition) is 2. The van der Waals surface area contributed by atoms with E-state index < -0.39 is 0 Å². The number of fused-ring (bicyclic) bond motifs is 1.